The molecule has 108 valence electrons. The molecule has 2 fully saturated rings. The van der Waals surface area contributed by atoms with E-state index in [1.165, 1.54) is 6.42 Å². The van der Waals surface area contributed by atoms with Crippen molar-refractivity contribution in [2.45, 2.75) is 25.8 Å². The van der Waals surface area contributed by atoms with Crippen molar-refractivity contribution in [2.24, 2.45) is 5.92 Å². The lowest BCUT2D eigenvalue weighted by atomic mass is 9.93. The molecule has 1 N–H and O–H groups in total. The molecule has 2 atom stereocenters. The summed E-state index contributed by atoms with van der Waals surface area (Å²) in [6.45, 7) is 5.24. The predicted molar refractivity (Wildman–Crippen MR) is 76.9 cm³/mol. The van der Waals surface area contributed by atoms with E-state index >= 15 is 0 Å². The second-order valence-corrected chi connectivity index (χ2v) is 5.44. The average molecular weight is 275 g/mol. The van der Waals surface area contributed by atoms with E-state index in [1.807, 2.05) is 6.92 Å². The summed E-state index contributed by atoms with van der Waals surface area (Å²) >= 11 is 0. The molecule has 2 unspecified atom stereocenters. The molecule has 2 saturated heterocycles. The van der Waals surface area contributed by atoms with Crippen LogP contribution in [0.3, 0.4) is 0 Å². The maximum Gasteiger partial charge on any atom is 0.341 e. The standard InChI is InChI=1S/C15H21N3O2/c1-2-20-15(19)12-4-3-7-17-14(12)18-9-6-13-11(10-18)5-8-16-13/h3-4,7,11,13,16H,2,5-6,8-10H2,1H3. The Kier molecular flexibility index (Phi) is 3.87. The third-order valence-corrected chi connectivity index (χ3v) is 4.24. The van der Waals surface area contributed by atoms with Crippen molar-refractivity contribution >= 4 is 11.8 Å². The Labute approximate surface area is 119 Å². The molecule has 0 bridgehead atoms. The van der Waals surface area contributed by atoms with Crippen LogP contribution < -0.4 is 10.2 Å². The molecule has 1 aromatic rings. The van der Waals surface area contributed by atoms with E-state index in [-0.39, 0.29) is 5.97 Å². The summed E-state index contributed by atoms with van der Waals surface area (Å²) in [5.74, 6) is 1.17. The number of anilines is 1. The minimum atomic E-state index is -0.276. The summed E-state index contributed by atoms with van der Waals surface area (Å²) in [5, 5.41) is 3.55. The second kappa shape index (κ2) is 5.79. The fourth-order valence-corrected chi connectivity index (χ4v) is 3.26. The van der Waals surface area contributed by atoms with Crippen molar-refractivity contribution in [3.8, 4) is 0 Å². The Morgan fingerprint density at radius 2 is 2.45 bits per heavy atom. The van der Waals surface area contributed by atoms with Gasteiger partial charge in [-0.25, -0.2) is 9.78 Å². The lowest BCUT2D eigenvalue weighted by molar-refractivity contribution is 0.0526. The van der Waals surface area contributed by atoms with Gasteiger partial charge >= 0.3 is 5.97 Å². The maximum atomic E-state index is 12.0. The molecular formula is C15H21N3O2. The molecule has 0 spiro atoms. The average Bonchev–Trinajstić information content (AvgIpc) is 2.95. The Balaban J connectivity index is 1.81. The van der Waals surface area contributed by atoms with Gasteiger partial charge in [0.25, 0.3) is 0 Å². The molecule has 0 radical (unpaired) electrons. The second-order valence-electron chi connectivity index (χ2n) is 5.44. The van der Waals surface area contributed by atoms with Crippen molar-refractivity contribution in [3.05, 3.63) is 23.9 Å². The predicted octanol–water partition coefficient (Wildman–Crippen LogP) is 1.45. The zero-order valence-electron chi connectivity index (χ0n) is 11.8. The first-order chi connectivity index (χ1) is 9.79. The Bertz CT molecular complexity index is 492. The minimum absolute atomic E-state index is 0.276. The number of pyridine rings is 1. The summed E-state index contributed by atoms with van der Waals surface area (Å²) in [6, 6.07) is 4.24. The normalized spacial score (nSPS) is 25.4. The Morgan fingerprint density at radius 1 is 1.55 bits per heavy atom. The van der Waals surface area contributed by atoms with Crippen LogP contribution in [0.25, 0.3) is 0 Å². The minimum Gasteiger partial charge on any atom is -0.462 e. The molecular weight excluding hydrogens is 254 g/mol. The number of piperidine rings is 1. The molecule has 1 aromatic heterocycles. The van der Waals surface area contributed by atoms with Crippen molar-refractivity contribution in [2.75, 3.05) is 31.1 Å². The van der Waals surface area contributed by atoms with E-state index in [0.29, 0.717) is 24.1 Å². The fraction of sp³-hybridized carbons (Fsp3) is 0.600. The number of ether oxygens (including phenoxy) is 1. The summed E-state index contributed by atoms with van der Waals surface area (Å²) in [5.41, 5.74) is 0.582. The highest BCUT2D eigenvalue weighted by Gasteiger charge is 2.34. The topological polar surface area (TPSA) is 54.5 Å². The number of carbonyl (C=O) groups excluding carboxylic acids is 1. The molecule has 0 saturated carbocycles. The summed E-state index contributed by atoms with van der Waals surface area (Å²) in [6.07, 6.45) is 4.07. The highest BCUT2D eigenvalue weighted by Crippen LogP contribution is 2.29. The number of aromatic nitrogens is 1. The third-order valence-electron chi connectivity index (χ3n) is 4.24. The fourth-order valence-electron chi connectivity index (χ4n) is 3.26. The molecule has 0 aliphatic carbocycles. The van der Waals surface area contributed by atoms with Gasteiger partial charge in [0.1, 0.15) is 11.4 Å². The number of nitrogens with one attached hydrogen (secondary N) is 1. The maximum absolute atomic E-state index is 12.0. The number of nitrogens with zero attached hydrogens (tertiary/aromatic N) is 2. The van der Waals surface area contributed by atoms with Crippen LogP contribution >= 0.6 is 0 Å². The molecule has 2 aliphatic rings. The molecule has 2 aliphatic heterocycles. The highest BCUT2D eigenvalue weighted by molar-refractivity contribution is 5.94. The van der Waals surface area contributed by atoms with Crippen molar-refractivity contribution in [1.29, 1.82) is 0 Å². The SMILES string of the molecule is CCOC(=O)c1cccnc1N1CCC2NCCC2C1. The number of rotatable bonds is 3. The largest absolute Gasteiger partial charge is 0.462 e. The zero-order valence-corrected chi connectivity index (χ0v) is 11.8. The Morgan fingerprint density at radius 3 is 3.30 bits per heavy atom. The van der Waals surface area contributed by atoms with Gasteiger partial charge in [0, 0.05) is 25.3 Å². The van der Waals surface area contributed by atoms with Crippen molar-refractivity contribution < 1.29 is 9.53 Å². The van der Waals surface area contributed by atoms with Crippen LogP contribution in [0.2, 0.25) is 0 Å². The Hall–Kier alpha value is -1.62. The van der Waals surface area contributed by atoms with Gasteiger partial charge in [-0.05, 0) is 44.4 Å². The molecule has 20 heavy (non-hydrogen) atoms. The molecule has 3 heterocycles. The molecule has 0 aromatic carbocycles. The van der Waals surface area contributed by atoms with Crippen LogP contribution in [0.1, 0.15) is 30.1 Å². The smallest absolute Gasteiger partial charge is 0.341 e. The molecule has 5 heteroatoms. The van der Waals surface area contributed by atoms with Gasteiger partial charge in [-0.2, -0.15) is 0 Å². The van der Waals surface area contributed by atoms with E-state index in [9.17, 15) is 4.79 Å². The van der Waals surface area contributed by atoms with Crippen LogP contribution in [0.5, 0.6) is 0 Å². The number of hydrogen-bond donors (Lipinski definition) is 1. The van der Waals surface area contributed by atoms with Crippen LogP contribution in [-0.2, 0) is 4.74 Å². The van der Waals surface area contributed by atoms with Crippen molar-refractivity contribution in [3.63, 3.8) is 0 Å². The van der Waals surface area contributed by atoms with Crippen molar-refractivity contribution in [1.82, 2.24) is 10.3 Å². The van der Waals surface area contributed by atoms with E-state index in [1.54, 1.807) is 18.3 Å². The van der Waals surface area contributed by atoms with Gasteiger partial charge in [0.15, 0.2) is 0 Å². The molecule has 5 nitrogen and oxygen atoms in total. The van der Waals surface area contributed by atoms with E-state index in [2.05, 4.69) is 15.2 Å². The lowest BCUT2D eigenvalue weighted by Crippen LogP contribution is -2.45. The van der Waals surface area contributed by atoms with Gasteiger partial charge in [0.2, 0.25) is 0 Å². The van der Waals surface area contributed by atoms with Crippen LogP contribution in [0.15, 0.2) is 18.3 Å². The number of esters is 1. The molecule has 3 rings (SSSR count). The third kappa shape index (κ3) is 2.50. The van der Waals surface area contributed by atoms with E-state index in [4.69, 9.17) is 4.74 Å². The zero-order chi connectivity index (χ0) is 13.9. The summed E-state index contributed by atoms with van der Waals surface area (Å²) in [4.78, 5) is 18.7. The van der Waals surface area contributed by atoms with Crippen LogP contribution in [0.4, 0.5) is 5.82 Å². The monoisotopic (exact) mass is 275 g/mol. The summed E-state index contributed by atoms with van der Waals surface area (Å²) in [7, 11) is 0. The number of fused-ring (bicyclic) bond motifs is 1. The quantitative estimate of drug-likeness (QED) is 0.846. The van der Waals surface area contributed by atoms with Gasteiger partial charge in [0.05, 0.1) is 6.61 Å². The van der Waals surface area contributed by atoms with Crippen LogP contribution in [-0.4, -0.2) is 43.2 Å². The first-order valence-electron chi connectivity index (χ1n) is 7.40. The van der Waals surface area contributed by atoms with Gasteiger partial charge < -0.3 is 15.0 Å². The van der Waals surface area contributed by atoms with Gasteiger partial charge in [-0.15, -0.1) is 0 Å². The van der Waals surface area contributed by atoms with Gasteiger partial charge in [-0.3, -0.25) is 0 Å². The first-order valence-corrected chi connectivity index (χ1v) is 7.40. The van der Waals surface area contributed by atoms with Gasteiger partial charge in [-0.1, -0.05) is 0 Å². The summed E-state index contributed by atoms with van der Waals surface area (Å²) < 4.78 is 5.13. The molecule has 0 amide bonds. The lowest BCUT2D eigenvalue weighted by Gasteiger charge is -2.36. The first kappa shape index (κ1) is 13.4. The van der Waals surface area contributed by atoms with Crippen LogP contribution in [0, 0.1) is 5.92 Å². The van der Waals surface area contributed by atoms with E-state index in [0.717, 1.165) is 31.9 Å². The highest BCUT2D eigenvalue weighted by atomic mass is 16.5. The number of hydrogen-bond acceptors (Lipinski definition) is 5. The number of carbonyl (C=O) groups is 1. The van der Waals surface area contributed by atoms with E-state index < -0.39 is 0 Å².